The van der Waals surface area contributed by atoms with Crippen LogP contribution in [0.1, 0.15) is 44.9 Å². The van der Waals surface area contributed by atoms with Gasteiger partial charge in [-0.05, 0) is 30.4 Å². The van der Waals surface area contributed by atoms with Gasteiger partial charge in [0.1, 0.15) is 0 Å². The van der Waals surface area contributed by atoms with Crippen molar-refractivity contribution in [3.05, 3.63) is 29.3 Å². The molecule has 0 heterocycles. The van der Waals surface area contributed by atoms with Crippen LogP contribution in [0.25, 0.3) is 0 Å². The third kappa shape index (κ3) is 4.46. The number of para-hydroxylation sites is 1. The van der Waals surface area contributed by atoms with Gasteiger partial charge in [0.25, 0.3) is 0 Å². The molecular formula is C16H20ClNO3. The molecule has 114 valence electrons. The number of rotatable bonds is 5. The van der Waals surface area contributed by atoms with Crippen LogP contribution in [-0.2, 0) is 9.59 Å². The molecule has 0 unspecified atom stereocenters. The molecule has 21 heavy (non-hydrogen) atoms. The fourth-order valence-electron chi connectivity index (χ4n) is 3.14. The first kappa shape index (κ1) is 15.8. The average Bonchev–Trinajstić information content (AvgIpc) is 2.41. The standard InChI is InChI=1S/C16H20ClNO3/c17-12-6-2-3-7-13(12)18-14(19)10-16(11-15(20)21)8-4-1-5-9-16/h2-3,6-7H,1,4-5,8-11H2,(H,18,19)(H,20,21). The number of benzene rings is 1. The molecule has 1 fully saturated rings. The molecule has 1 aromatic rings. The van der Waals surface area contributed by atoms with Crippen molar-refractivity contribution < 1.29 is 14.7 Å². The van der Waals surface area contributed by atoms with E-state index in [0.717, 1.165) is 32.1 Å². The van der Waals surface area contributed by atoms with Gasteiger partial charge >= 0.3 is 5.97 Å². The molecular weight excluding hydrogens is 290 g/mol. The highest BCUT2D eigenvalue weighted by Crippen LogP contribution is 2.42. The Labute approximate surface area is 129 Å². The Bertz CT molecular complexity index is 524. The third-order valence-electron chi connectivity index (χ3n) is 4.12. The number of aliphatic carboxylic acids is 1. The summed E-state index contributed by atoms with van der Waals surface area (Å²) >= 11 is 6.02. The quantitative estimate of drug-likeness (QED) is 0.860. The monoisotopic (exact) mass is 309 g/mol. The maximum atomic E-state index is 12.3. The van der Waals surface area contributed by atoms with Gasteiger partial charge in [0.15, 0.2) is 0 Å². The lowest BCUT2D eigenvalue weighted by atomic mass is 9.69. The van der Waals surface area contributed by atoms with Crippen LogP contribution in [0.5, 0.6) is 0 Å². The number of carbonyl (C=O) groups is 2. The molecule has 1 saturated carbocycles. The van der Waals surface area contributed by atoms with Gasteiger partial charge in [0.2, 0.25) is 5.91 Å². The molecule has 5 heteroatoms. The number of anilines is 1. The van der Waals surface area contributed by atoms with Crippen LogP contribution in [-0.4, -0.2) is 17.0 Å². The van der Waals surface area contributed by atoms with Crippen molar-refractivity contribution in [1.82, 2.24) is 0 Å². The molecule has 0 radical (unpaired) electrons. The average molecular weight is 310 g/mol. The fourth-order valence-corrected chi connectivity index (χ4v) is 3.32. The largest absolute Gasteiger partial charge is 0.481 e. The van der Waals surface area contributed by atoms with Crippen LogP contribution < -0.4 is 5.32 Å². The third-order valence-corrected chi connectivity index (χ3v) is 4.45. The zero-order chi connectivity index (χ0) is 15.3. The Balaban J connectivity index is 2.04. The second kappa shape index (κ2) is 6.94. The number of hydrogen-bond acceptors (Lipinski definition) is 2. The van der Waals surface area contributed by atoms with E-state index in [2.05, 4.69) is 5.32 Å². The van der Waals surface area contributed by atoms with Crippen LogP contribution in [0.3, 0.4) is 0 Å². The Morgan fingerprint density at radius 3 is 2.43 bits per heavy atom. The Morgan fingerprint density at radius 2 is 1.81 bits per heavy atom. The van der Waals surface area contributed by atoms with Crippen molar-refractivity contribution in [3.8, 4) is 0 Å². The molecule has 0 spiro atoms. The van der Waals surface area contributed by atoms with E-state index in [-0.39, 0.29) is 18.7 Å². The van der Waals surface area contributed by atoms with E-state index >= 15 is 0 Å². The summed E-state index contributed by atoms with van der Waals surface area (Å²) in [6, 6.07) is 7.05. The summed E-state index contributed by atoms with van der Waals surface area (Å²) in [7, 11) is 0. The van der Waals surface area contributed by atoms with E-state index < -0.39 is 11.4 Å². The summed E-state index contributed by atoms with van der Waals surface area (Å²) in [6.45, 7) is 0. The second-order valence-electron chi connectivity index (χ2n) is 5.84. The van der Waals surface area contributed by atoms with Crippen LogP contribution in [0.2, 0.25) is 5.02 Å². The zero-order valence-corrected chi connectivity index (χ0v) is 12.7. The normalized spacial score (nSPS) is 17.2. The molecule has 1 amide bonds. The van der Waals surface area contributed by atoms with Crippen LogP contribution >= 0.6 is 11.6 Å². The summed E-state index contributed by atoms with van der Waals surface area (Å²) in [5.41, 5.74) is 0.167. The molecule has 0 bridgehead atoms. The van der Waals surface area contributed by atoms with Gasteiger partial charge in [-0.3, -0.25) is 9.59 Å². The number of amides is 1. The van der Waals surface area contributed by atoms with E-state index in [1.54, 1.807) is 24.3 Å². The highest BCUT2D eigenvalue weighted by Gasteiger charge is 2.36. The van der Waals surface area contributed by atoms with E-state index in [1.165, 1.54) is 0 Å². The molecule has 2 N–H and O–H groups in total. The first-order valence-electron chi connectivity index (χ1n) is 7.27. The maximum Gasteiger partial charge on any atom is 0.303 e. The first-order chi connectivity index (χ1) is 10.0. The Hall–Kier alpha value is -1.55. The highest BCUT2D eigenvalue weighted by molar-refractivity contribution is 6.33. The predicted octanol–water partition coefficient (Wildman–Crippen LogP) is 4.09. The number of nitrogens with one attached hydrogen (secondary N) is 1. The number of carboxylic acid groups (broad SMARTS) is 1. The minimum absolute atomic E-state index is 0.0585. The van der Waals surface area contributed by atoms with E-state index in [4.69, 9.17) is 16.7 Å². The lowest BCUT2D eigenvalue weighted by molar-refractivity contribution is -0.140. The highest BCUT2D eigenvalue weighted by atomic mass is 35.5. The Kier molecular flexibility index (Phi) is 5.23. The molecule has 2 rings (SSSR count). The number of carbonyl (C=O) groups excluding carboxylic acids is 1. The molecule has 0 atom stereocenters. The summed E-state index contributed by atoms with van der Waals surface area (Å²) < 4.78 is 0. The molecule has 1 aromatic carbocycles. The number of carboxylic acids is 1. The molecule has 1 aliphatic carbocycles. The van der Waals surface area contributed by atoms with Gasteiger partial charge in [-0.15, -0.1) is 0 Å². The van der Waals surface area contributed by atoms with Crippen molar-refractivity contribution in [2.24, 2.45) is 5.41 Å². The molecule has 0 aromatic heterocycles. The van der Waals surface area contributed by atoms with Crippen molar-refractivity contribution in [1.29, 1.82) is 0 Å². The van der Waals surface area contributed by atoms with Gasteiger partial charge in [0, 0.05) is 6.42 Å². The molecule has 0 aliphatic heterocycles. The zero-order valence-electron chi connectivity index (χ0n) is 11.9. The summed E-state index contributed by atoms with van der Waals surface area (Å²) in [4.78, 5) is 23.4. The number of halogens is 1. The SMILES string of the molecule is O=C(O)CC1(CC(=O)Nc2ccccc2Cl)CCCCC1. The van der Waals surface area contributed by atoms with Gasteiger partial charge < -0.3 is 10.4 Å². The molecule has 4 nitrogen and oxygen atoms in total. The summed E-state index contributed by atoms with van der Waals surface area (Å²) in [5, 5.41) is 12.4. The van der Waals surface area contributed by atoms with Crippen molar-refractivity contribution >= 4 is 29.2 Å². The Morgan fingerprint density at radius 1 is 1.14 bits per heavy atom. The van der Waals surface area contributed by atoms with E-state index in [9.17, 15) is 9.59 Å². The second-order valence-corrected chi connectivity index (χ2v) is 6.24. The van der Waals surface area contributed by atoms with Gasteiger partial charge in [0.05, 0.1) is 17.1 Å². The van der Waals surface area contributed by atoms with Crippen LogP contribution in [0, 0.1) is 5.41 Å². The summed E-state index contributed by atoms with van der Waals surface area (Å²) in [5.74, 6) is -0.992. The predicted molar refractivity (Wildman–Crippen MR) is 82.5 cm³/mol. The van der Waals surface area contributed by atoms with Crippen molar-refractivity contribution in [2.45, 2.75) is 44.9 Å². The van der Waals surface area contributed by atoms with Gasteiger partial charge in [-0.25, -0.2) is 0 Å². The van der Waals surface area contributed by atoms with E-state index in [0.29, 0.717) is 10.7 Å². The van der Waals surface area contributed by atoms with Crippen molar-refractivity contribution in [2.75, 3.05) is 5.32 Å². The van der Waals surface area contributed by atoms with Gasteiger partial charge in [-0.1, -0.05) is 43.0 Å². The van der Waals surface area contributed by atoms with Gasteiger partial charge in [-0.2, -0.15) is 0 Å². The smallest absolute Gasteiger partial charge is 0.303 e. The van der Waals surface area contributed by atoms with Crippen molar-refractivity contribution in [3.63, 3.8) is 0 Å². The lowest BCUT2D eigenvalue weighted by Crippen LogP contribution is -2.32. The minimum atomic E-state index is -0.831. The topological polar surface area (TPSA) is 66.4 Å². The van der Waals surface area contributed by atoms with Crippen LogP contribution in [0.4, 0.5) is 5.69 Å². The lowest BCUT2D eigenvalue weighted by Gasteiger charge is -2.35. The maximum absolute atomic E-state index is 12.3. The van der Waals surface area contributed by atoms with E-state index in [1.807, 2.05) is 0 Å². The molecule has 0 saturated heterocycles. The fraction of sp³-hybridized carbons (Fsp3) is 0.500. The first-order valence-corrected chi connectivity index (χ1v) is 7.65. The van der Waals surface area contributed by atoms with Crippen LogP contribution in [0.15, 0.2) is 24.3 Å². The number of hydrogen-bond donors (Lipinski definition) is 2. The minimum Gasteiger partial charge on any atom is -0.481 e. The molecule has 1 aliphatic rings. The summed E-state index contributed by atoms with van der Waals surface area (Å²) in [6.07, 6.45) is 5.00.